The summed E-state index contributed by atoms with van der Waals surface area (Å²) in [5.41, 5.74) is 1.63. The molecule has 0 bridgehead atoms. The third kappa shape index (κ3) is 3.78. The van der Waals surface area contributed by atoms with Gasteiger partial charge in [-0.15, -0.1) is 0 Å². The number of aryl methyl sites for hydroxylation is 1. The Kier molecular flexibility index (Phi) is 5.14. The van der Waals surface area contributed by atoms with Gasteiger partial charge in [0.1, 0.15) is 11.4 Å². The lowest BCUT2D eigenvalue weighted by atomic mass is 9.79. The van der Waals surface area contributed by atoms with Crippen LogP contribution in [0.4, 0.5) is 8.78 Å². The first-order valence-electron chi connectivity index (χ1n) is 9.67. The van der Waals surface area contributed by atoms with Gasteiger partial charge in [0.05, 0.1) is 6.42 Å². The second-order valence-electron chi connectivity index (χ2n) is 8.07. The summed E-state index contributed by atoms with van der Waals surface area (Å²) in [5.74, 6) is -1.54. The molecular formula is C20H24F2N4O2. The summed E-state index contributed by atoms with van der Waals surface area (Å²) < 4.78 is 32.2. The van der Waals surface area contributed by atoms with E-state index < -0.39 is 11.6 Å². The zero-order valence-corrected chi connectivity index (χ0v) is 16.0. The van der Waals surface area contributed by atoms with Crippen LogP contribution in [0, 0.1) is 24.0 Å². The Balaban J connectivity index is 1.39. The lowest BCUT2D eigenvalue weighted by Gasteiger charge is -2.40. The molecule has 2 aliphatic rings. The van der Waals surface area contributed by atoms with E-state index in [1.165, 1.54) is 0 Å². The molecule has 1 spiro atoms. The van der Waals surface area contributed by atoms with Crippen molar-refractivity contribution in [1.82, 2.24) is 20.1 Å². The lowest BCUT2D eigenvalue weighted by molar-refractivity contribution is -0.130. The minimum atomic E-state index is -0.806. The predicted octanol–water partition coefficient (Wildman–Crippen LogP) is 2.71. The zero-order chi connectivity index (χ0) is 19.7. The van der Waals surface area contributed by atoms with E-state index in [-0.39, 0.29) is 17.7 Å². The van der Waals surface area contributed by atoms with Crippen LogP contribution in [0.25, 0.3) is 0 Å². The van der Waals surface area contributed by atoms with Gasteiger partial charge in [0.2, 0.25) is 5.91 Å². The average Bonchev–Trinajstić information content (AvgIpc) is 3.26. The SMILES string of the molecule is Cc1nonc1CC(=O)N1CCC2(CCCN(Cc3cccc(F)c3F)C2)C1. The Bertz CT molecular complexity index is 872. The van der Waals surface area contributed by atoms with Gasteiger partial charge in [-0.05, 0) is 38.8 Å². The molecule has 0 radical (unpaired) electrons. The number of benzene rings is 1. The number of rotatable bonds is 4. The topological polar surface area (TPSA) is 62.5 Å². The number of carbonyl (C=O) groups is 1. The summed E-state index contributed by atoms with van der Waals surface area (Å²) in [6, 6.07) is 4.33. The minimum absolute atomic E-state index is 0.0226. The summed E-state index contributed by atoms with van der Waals surface area (Å²) in [4.78, 5) is 16.7. The molecule has 0 N–H and O–H groups in total. The molecule has 1 atom stereocenters. The van der Waals surface area contributed by atoms with Gasteiger partial charge in [-0.1, -0.05) is 22.4 Å². The van der Waals surface area contributed by atoms with E-state index in [2.05, 4.69) is 19.8 Å². The molecule has 28 heavy (non-hydrogen) atoms. The second-order valence-corrected chi connectivity index (χ2v) is 8.07. The van der Waals surface area contributed by atoms with Crippen molar-refractivity contribution in [2.24, 2.45) is 5.41 Å². The van der Waals surface area contributed by atoms with Gasteiger partial charge < -0.3 is 4.90 Å². The molecule has 1 aromatic carbocycles. The number of likely N-dealkylation sites (tertiary alicyclic amines) is 2. The Morgan fingerprint density at radius 3 is 2.86 bits per heavy atom. The Morgan fingerprint density at radius 1 is 1.21 bits per heavy atom. The number of halogens is 2. The molecule has 150 valence electrons. The third-order valence-electron chi connectivity index (χ3n) is 6.02. The Labute approximate surface area is 162 Å². The normalized spacial score (nSPS) is 22.9. The first-order valence-corrected chi connectivity index (χ1v) is 9.67. The molecule has 2 aliphatic heterocycles. The molecule has 1 amide bonds. The maximum Gasteiger partial charge on any atom is 0.228 e. The van der Waals surface area contributed by atoms with Crippen LogP contribution in [-0.2, 0) is 17.8 Å². The van der Waals surface area contributed by atoms with Crippen molar-refractivity contribution in [3.8, 4) is 0 Å². The molecule has 1 aromatic heterocycles. The van der Waals surface area contributed by atoms with Crippen molar-refractivity contribution in [1.29, 1.82) is 0 Å². The second kappa shape index (κ2) is 7.58. The van der Waals surface area contributed by atoms with Crippen LogP contribution in [0.5, 0.6) is 0 Å². The molecular weight excluding hydrogens is 366 g/mol. The molecule has 2 fully saturated rings. The van der Waals surface area contributed by atoms with Gasteiger partial charge in [-0.3, -0.25) is 9.69 Å². The first kappa shape index (κ1) is 19.0. The fourth-order valence-electron chi connectivity index (χ4n) is 4.50. The average molecular weight is 390 g/mol. The standard InChI is InChI=1S/C20H24F2N4O2/c1-14-17(24-28-23-14)10-18(27)26-9-7-20(13-26)6-3-8-25(12-20)11-15-4-2-5-16(21)19(15)22/h2,4-5H,3,6-13H2,1H3. The highest BCUT2D eigenvalue weighted by Crippen LogP contribution is 2.39. The van der Waals surface area contributed by atoms with E-state index in [1.54, 1.807) is 19.1 Å². The highest BCUT2D eigenvalue weighted by Gasteiger charge is 2.42. The number of hydrogen-bond donors (Lipinski definition) is 0. The lowest BCUT2D eigenvalue weighted by Crippen LogP contribution is -2.45. The highest BCUT2D eigenvalue weighted by molar-refractivity contribution is 5.78. The fourth-order valence-corrected chi connectivity index (χ4v) is 4.50. The highest BCUT2D eigenvalue weighted by atomic mass is 19.2. The third-order valence-corrected chi connectivity index (χ3v) is 6.02. The maximum atomic E-state index is 14.0. The molecule has 3 heterocycles. The van der Waals surface area contributed by atoms with Crippen LogP contribution in [0.3, 0.4) is 0 Å². The number of nitrogens with zero attached hydrogens (tertiary/aromatic N) is 4. The number of aromatic nitrogens is 2. The van der Waals surface area contributed by atoms with E-state index in [4.69, 9.17) is 0 Å². The Morgan fingerprint density at radius 2 is 2.07 bits per heavy atom. The monoisotopic (exact) mass is 390 g/mol. The van der Waals surface area contributed by atoms with E-state index >= 15 is 0 Å². The van der Waals surface area contributed by atoms with Gasteiger partial charge >= 0.3 is 0 Å². The minimum Gasteiger partial charge on any atom is -0.342 e. The predicted molar refractivity (Wildman–Crippen MR) is 97.2 cm³/mol. The van der Waals surface area contributed by atoms with Gasteiger partial charge in [0.25, 0.3) is 0 Å². The molecule has 4 rings (SSSR count). The molecule has 2 aromatic rings. The van der Waals surface area contributed by atoms with E-state index in [0.717, 1.165) is 38.4 Å². The molecule has 8 heteroatoms. The van der Waals surface area contributed by atoms with E-state index in [1.807, 2.05) is 4.90 Å². The van der Waals surface area contributed by atoms with E-state index in [9.17, 15) is 13.6 Å². The quantitative estimate of drug-likeness (QED) is 0.803. The molecule has 0 aliphatic carbocycles. The summed E-state index contributed by atoms with van der Waals surface area (Å²) in [6.45, 7) is 5.22. The van der Waals surface area contributed by atoms with Gasteiger partial charge in [0, 0.05) is 37.2 Å². The van der Waals surface area contributed by atoms with Crippen LogP contribution < -0.4 is 0 Å². The Hall–Kier alpha value is -2.35. The summed E-state index contributed by atoms with van der Waals surface area (Å²) in [6.07, 6.45) is 3.16. The van der Waals surface area contributed by atoms with Crippen molar-refractivity contribution in [2.75, 3.05) is 26.2 Å². The van der Waals surface area contributed by atoms with Crippen molar-refractivity contribution >= 4 is 5.91 Å². The van der Waals surface area contributed by atoms with Crippen LogP contribution in [-0.4, -0.2) is 52.2 Å². The summed E-state index contributed by atoms with van der Waals surface area (Å²) in [7, 11) is 0. The largest absolute Gasteiger partial charge is 0.342 e. The maximum absolute atomic E-state index is 14.0. The van der Waals surface area contributed by atoms with Crippen LogP contribution in [0.15, 0.2) is 22.8 Å². The molecule has 6 nitrogen and oxygen atoms in total. The fraction of sp³-hybridized carbons (Fsp3) is 0.550. The summed E-state index contributed by atoms with van der Waals surface area (Å²) >= 11 is 0. The van der Waals surface area contributed by atoms with Crippen LogP contribution in [0.2, 0.25) is 0 Å². The zero-order valence-electron chi connectivity index (χ0n) is 16.0. The van der Waals surface area contributed by atoms with Gasteiger partial charge in [-0.25, -0.2) is 13.4 Å². The van der Waals surface area contributed by atoms with Crippen LogP contribution in [0.1, 0.15) is 36.2 Å². The van der Waals surface area contributed by atoms with Crippen molar-refractivity contribution < 1.29 is 18.2 Å². The molecule has 1 unspecified atom stereocenters. The number of carbonyl (C=O) groups excluding carboxylic acids is 1. The smallest absolute Gasteiger partial charge is 0.228 e. The number of hydrogen-bond acceptors (Lipinski definition) is 5. The molecule has 2 saturated heterocycles. The first-order chi connectivity index (χ1) is 13.5. The van der Waals surface area contributed by atoms with Crippen molar-refractivity contribution in [3.63, 3.8) is 0 Å². The number of piperidine rings is 1. The van der Waals surface area contributed by atoms with Gasteiger partial charge in [-0.2, -0.15) is 0 Å². The van der Waals surface area contributed by atoms with E-state index in [0.29, 0.717) is 36.6 Å². The van der Waals surface area contributed by atoms with Crippen LogP contribution >= 0.6 is 0 Å². The number of amides is 1. The molecule has 0 saturated carbocycles. The van der Waals surface area contributed by atoms with Crippen molar-refractivity contribution in [3.05, 3.63) is 46.8 Å². The van der Waals surface area contributed by atoms with Gasteiger partial charge in [0.15, 0.2) is 11.6 Å². The summed E-state index contributed by atoms with van der Waals surface area (Å²) in [5, 5.41) is 7.52. The van der Waals surface area contributed by atoms with Crippen molar-refractivity contribution in [2.45, 2.75) is 39.2 Å².